The molecule has 0 aliphatic rings. The van der Waals surface area contributed by atoms with Crippen LogP contribution in [0.5, 0.6) is 11.5 Å². The summed E-state index contributed by atoms with van der Waals surface area (Å²) in [6, 6.07) is 11.3. The van der Waals surface area contributed by atoms with Crippen LogP contribution in [0.15, 0.2) is 42.5 Å². The standard InChI is InChI=1S/C18H19NO5/c1-11-8-9-16(23-3)14(10-11)19-17(21)12(2)24-18(22)13-6-4-5-7-15(13)20/h4-10,12,20H,1-3H3,(H,19,21). The molecule has 0 aromatic heterocycles. The van der Waals surface area contributed by atoms with Gasteiger partial charge in [-0.05, 0) is 43.7 Å². The van der Waals surface area contributed by atoms with Crippen LogP contribution in [0.25, 0.3) is 0 Å². The Bertz CT molecular complexity index is 757. The number of aryl methyl sites for hydroxylation is 1. The molecule has 1 atom stereocenters. The summed E-state index contributed by atoms with van der Waals surface area (Å²) in [4.78, 5) is 24.3. The number of benzene rings is 2. The van der Waals surface area contributed by atoms with Gasteiger partial charge < -0.3 is 19.9 Å². The molecule has 0 heterocycles. The topological polar surface area (TPSA) is 84.9 Å². The molecule has 0 fully saturated rings. The van der Waals surface area contributed by atoms with Crippen molar-refractivity contribution in [2.24, 2.45) is 0 Å². The number of aromatic hydroxyl groups is 1. The summed E-state index contributed by atoms with van der Waals surface area (Å²) in [5.74, 6) is -0.960. The maximum absolute atomic E-state index is 12.2. The highest BCUT2D eigenvalue weighted by molar-refractivity contribution is 5.99. The van der Waals surface area contributed by atoms with Crippen LogP contribution in [-0.2, 0) is 9.53 Å². The molecule has 0 aliphatic heterocycles. The van der Waals surface area contributed by atoms with Crippen molar-refractivity contribution < 1.29 is 24.2 Å². The van der Waals surface area contributed by atoms with E-state index in [4.69, 9.17) is 9.47 Å². The molecule has 126 valence electrons. The highest BCUT2D eigenvalue weighted by atomic mass is 16.5. The highest BCUT2D eigenvalue weighted by Gasteiger charge is 2.21. The van der Waals surface area contributed by atoms with Gasteiger partial charge in [-0.25, -0.2) is 4.79 Å². The minimum Gasteiger partial charge on any atom is -0.507 e. The molecule has 0 aliphatic carbocycles. The van der Waals surface area contributed by atoms with Gasteiger partial charge in [0.2, 0.25) is 0 Å². The quantitative estimate of drug-likeness (QED) is 0.824. The second-order valence-corrected chi connectivity index (χ2v) is 5.26. The number of carbonyl (C=O) groups excluding carboxylic acids is 2. The zero-order valence-electron chi connectivity index (χ0n) is 13.7. The Labute approximate surface area is 140 Å². The Morgan fingerprint density at radius 1 is 1.17 bits per heavy atom. The number of hydrogen-bond donors (Lipinski definition) is 2. The van der Waals surface area contributed by atoms with Crippen LogP contribution in [0.1, 0.15) is 22.8 Å². The van der Waals surface area contributed by atoms with E-state index in [0.717, 1.165) is 5.56 Å². The first kappa shape index (κ1) is 17.3. The fourth-order valence-electron chi connectivity index (χ4n) is 2.08. The third-order valence-electron chi connectivity index (χ3n) is 3.39. The van der Waals surface area contributed by atoms with Crippen LogP contribution in [0, 0.1) is 6.92 Å². The van der Waals surface area contributed by atoms with Crippen molar-refractivity contribution >= 4 is 17.6 Å². The second-order valence-electron chi connectivity index (χ2n) is 5.26. The predicted molar refractivity (Wildman–Crippen MR) is 89.3 cm³/mol. The van der Waals surface area contributed by atoms with E-state index >= 15 is 0 Å². The van der Waals surface area contributed by atoms with Gasteiger partial charge in [-0.1, -0.05) is 18.2 Å². The second kappa shape index (κ2) is 7.50. The molecular formula is C18H19NO5. The molecule has 0 spiro atoms. The Kier molecular flexibility index (Phi) is 5.42. The van der Waals surface area contributed by atoms with E-state index in [1.54, 1.807) is 24.3 Å². The maximum Gasteiger partial charge on any atom is 0.342 e. The molecule has 0 saturated carbocycles. The predicted octanol–water partition coefficient (Wildman–Crippen LogP) is 2.89. The van der Waals surface area contributed by atoms with Crippen LogP contribution in [0.4, 0.5) is 5.69 Å². The Hall–Kier alpha value is -3.02. The lowest BCUT2D eigenvalue weighted by atomic mass is 10.2. The van der Waals surface area contributed by atoms with Gasteiger partial charge in [-0.15, -0.1) is 0 Å². The van der Waals surface area contributed by atoms with Crippen molar-refractivity contribution in [1.29, 1.82) is 0 Å². The van der Waals surface area contributed by atoms with Crippen molar-refractivity contribution in [3.05, 3.63) is 53.6 Å². The molecule has 6 nitrogen and oxygen atoms in total. The van der Waals surface area contributed by atoms with E-state index in [-0.39, 0.29) is 11.3 Å². The van der Waals surface area contributed by atoms with Gasteiger partial charge in [0.15, 0.2) is 6.10 Å². The number of nitrogens with one attached hydrogen (secondary N) is 1. The minimum absolute atomic E-state index is 0.00489. The molecule has 0 radical (unpaired) electrons. The number of amides is 1. The number of esters is 1. The molecule has 6 heteroatoms. The summed E-state index contributed by atoms with van der Waals surface area (Å²) in [5, 5.41) is 12.3. The summed E-state index contributed by atoms with van der Waals surface area (Å²) in [6.45, 7) is 3.34. The number of ether oxygens (including phenoxy) is 2. The van der Waals surface area contributed by atoms with E-state index in [1.165, 1.54) is 26.2 Å². The van der Waals surface area contributed by atoms with Crippen LogP contribution in [0.3, 0.4) is 0 Å². The summed E-state index contributed by atoms with van der Waals surface area (Å²) < 4.78 is 10.3. The molecule has 2 N–H and O–H groups in total. The van der Waals surface area contributed by atoms with E-state index in [0.29, 0.717) is 11.4 Å². The first-order valence-corrected chi connectivity index (χ1v) is 7.37. The summed E-state index contributed by atoms with van der Waals surface area (Å²) in [7, 11) is 1.50. The minimum atomic E-state index is -1.04. The van der Waals surface area contributed by atoms with Crippen molar-refractivity contribution in [2.75, 3.05) is 12.4 Å². The van der Waals surface area contributed by atoms with Crippen LogP contribution < -0.4 is 10.1 Å². The van der Waals surface area contributed by atoms with E-state index in [9.17, 15) is 14.7 Å². The van der Waals surface area contributed by atoms with Gasteiger partial charge in [0.05, 0.1) is 12.8 Å². The number of carbonyl (C=O) groups is 2. The van der Waals surface area contributed by atoms with Gasteiger partial charge in [-0.2, -0.15) is 0 Å². The van der Waals surface area contributed by atoms with Crippen molar-refractivity contribution in [3.63, 3.8) is 0 Å². The fraction of sp³-hybridized carbons (Fsp3) is 0.222. The molecule has 24 heavy (non-hydrogen) atoms. The van der Waals surface area contributed by atoms with E-state index in [1.807, 2.05) is 13.0 Å². The zero-order chi connectivity index (χ0) is 17.7. The molecular weight excluding hydrogens is 310 g/mol. The largest absolute Gasteiger partial charge is 0.507 e. The average Bonchev–Trinajstić information content (AvgIpc) is 2.55. The Balaban J connectivity index is 2.06. The van der Waals surface area contributed by atoms with Crippen LogP contribution in [-0.4, -0.2) is 30.2 Å². The number of hydrogen-bond acceptors (Lipinski definition) is 5. The summed E-state index contributed by atoms with van der Waals surface area (Å²) >= 11 is 0. The van der Waals surface area contributed by atoms with Gasteiger partial charge in [0.1, 0.15) is 17.1 Å². The van der Waals surface area contributed by atoms with Gasteiger partial charge in [0.25, 0.3) is 5.91 Å². The molecule has 2 aromatic rings. The van der Waals surface area contributed by atoms with Crippen LogP contribution in [0.2, 0.25) is 0 Å². The maximum atomic E-state index is 12.2. The first-order chi connectivity index (χ1) is 11.4. The van der Waals surface area contributed by atoms with Gasteiger partial charge in [0, 0.05) is 0 Å². The number of anilines is 1. The SMILES string of the molecule is COc1ccc(C)cc1NC(=O)C(C)OC(=O)c1ccccc1O. The van der Waals surface area contributed by atoms with Gasteiger partial charge in [-0.3, -0.25) is 4.79 Å². The van der Waals surface area contributed by atoms with E-state index < -0.39 is 18.0 Å². The molecule has 1 amide bonds. The number of para-hydroxylation sites is 1. The molecule has 0 bridgehead atoms. The Morgan fingerprint density at radius 3 is 2.54 bits per heavy atom. The van der Waals surface area contributed by atoms with Crippen molar-refractivity contribution in [3.8, 4) is 11.5 Å². The number of methoxy groups -OCH3 is 1. The number of phenols is 1. The third kappa shape index (κ3) is 4.04. The van der Waals surface area contributed by atoms with Crippen LogP contribution >= 0.6 is 0 Å². The smallest absolute Gasteiger partial charge is 0.342 e. The molecule has 2 rings (SSSR count). The van der Waals surface area contributed by atoms with Gasteiger partial charge >= 0.3 is 5.97 Å². The normalized spacial score (nSPS) is 11.5. The lowest BCUT2D eigenvalue weighted by Crippen LogP contribution is -2.30. The van der Waals surface area contributed by atoms with Crippen molar-refractivity contribution in [1.82, 2.24) is 0 Å². The van der Waals surface area contributed by atoms with Crippen molar-refractivity contribution in [2.45, 2.75) is 20.0 Å². The number of rotatable bonds is 5. The lowest BCUT2D eigenvalue weighted by molar-refractivity contribution is -0.123. The average molecular weight is 329 g/mol. The Morgan fingerprint density at radius 2 is 1.88 bits per heavy atom. The monoisotopic (exact) mass is 329 g/mol. The summed E-state index contributed by atoms with van der Waals surface area (Å²) in [5.41, 5.74) is 1.45. The first-order valence-electron chi connectivity index (χ1n) is 7.37. The number of phenolic OH excluding ortho intramolecular Hbond substituents is 1. The summed E-state index contributed by atoms with van der Waals surface area (Å²) in [6.07, 6.45) is -1.04. The third-order valence-corrected chi connectivity index (χ3v) is 3.39. The highest BCUT2D eigenvalue weighted by Crippen LogP contribution is 2.25. The fourth-order valence-corrected chi connectivity index (χ4v) is 2.08. The zero-order valence-corrected chi connectivity index (χ0v) is 13.7. The molecule has 2 aromatic carbocycles. The molecule has 1 unspecified atom stereocenters. The lowest BCUT2D eigenvalue weighted by Gasteiger charge is -2.16. The molecule has 0 saturated heterocycles. The van der Waals surface area contributed by atoms with E-state index in [2.05, 4.69) is 5.32 Å².